The fraction of sp³-hybridized carbons (Fsp3) is 0.130. The highest BCUT2D eigenvalue weighted by atomic mass is 35.5. The lowest BCUT2D eigenvalue weighted by Gasteiger charge is -2.09. The highest BCUT2D eigenvalue weighted by Crippen LogP contribution is 2.24. The molecule has 0 unspecified atom stereocenters. The number of ether oxygens (including phenoxy) is 1. The number of aryl methyl sites for hydroxylation is 1. The molecule has 2 aromatic heterocycles. The molecule has 4 rings (SSSR count). The minimum atomic E-state index is -0.278. The molecule has 7 nitrogen and oxygen atoms in total. The summed E-state index contributed by atoms with van der Waals surface area (Å²) in [7, 11) is 0. The molecular formula is C23H20ClN5O2. The van der Waals surface area contributed by atoms with Crippen molar-refractivity contribution >= 4 is 23.2 Å². The molecule has 0 spiro atoms. The molecule has 1 amide bonds. The van der Waals surface area contributed by atoms with Crippen molar-refractivity contribution in [2.75, 3.05) is 5.32 Å². The van der Waals surface area contributed by atoms with Crippen LogP contribution in [0.25, 0.3) is 5.82 Å². The average Bonchev–Trinajstić information content (AvgIpc) is 3.03. The Kier molecular flexibility index (Phi) is 5.68. The summed E-state index contributed by atoms with van der Waals surface area (Å²) >= 11 is 6.08. The van der Waals surface area contributed by atoms with E-state index >= 15 is 0 Å². The zero-order valence-corrected chi connectivity index (χ0v) is 18.0. The molecule has 4 aromatic rings. The number of nitrogens with one attached hydrogen (secondary N) is 1. The highest BCUT2D eigenvalue weighted by molar-refractivity contribution is 6.34. The average molecular weight is 434 g/mol. The van der Waals surface area contributed by atoms with E-state index in [1.807, 2.05) is 20.8 Å². The van der Waals surface area contributed by atoms with E-state index in [1.54, 1.807) is 59.3 Å². The van der Waals surface area contributed by atoms with Crippen molar-refractivity contribution in [2.24, 2.45) is 0 Å². The molecule has 0 aliphatic rings. The predicted molar refractivity (Wildman–Crippen MR) is 119 cm³/mol. The Labute approximate surface area is 184 Å². The molecule has 156 valence electrons. The van der Waals surface area contributed by atoms with Gasteiger partial charge in [0, 0.05) is 17.4 Å². The molecule has 0 saturated carbocycles. The Hall–Kier alpha value is -3.71. The van der Waals surface area contributed by atoms with Gasteiger partial charge in [-0.2, -0.15) is 5.10 Å². The SMILES string of the molecule is Cc1nn(-c2cc(Oc3ccc(NC(=O)c4ccccc4Cl)cc3)ncn2)c(C)c1C. The van der Waals surface area contributed by atoms with Crippen LogP contribution < -0.4 is 10.1 Å². The van der Waals surface area contributed by atoms with Crippen molar-refractivity contribution < 1.29 is 9.53 Å². The predicted octanol–water partition coefficient (Wildman–Crippen LogP) is 5.29. The van der Waals surface area contributed by atoms with Crippen LogP contribution in [0.1, 0.15) is 27.3 Å². The second kappa shape index (κ2) is 8.57. The smallest absolute Gasteiger partial charge is 0.257 e. The van der Waals surface area contributed by atoms with Crippen molar-refractivity contribution in [1.29, 1.82) is 0 Å². The quantitative estimate of drug-likeness (QED) is 0.462. The second-order valence-corrected chi connectivity index (χ2v) is 7.39. The van der Waals surface area contributed by atoms with Crippen LogP contribution in [0.4, 0.5) is 5.69 Å². The molecule has 0 aliphatic carbocycles. The number of nitrogens with zero attached hydrogens (tertiary/aromatic N) is 4. The van der Waals surface area contributed by atoms with Crippen LogP contribution >= 0.6 is 11.6 Å². The highest BCUT2D eigenvalue weighted by Gasteiger charge is 2.12. The zero-order chi connectivity index (χ0) is 22.0. The summed E-state index contributed by atoms with van der Waals surface area (Å²) < 4.78 is 7.63. The van der Waals surface area contributed by atoms with Gasteiger partial charge in [0.05, 0.1) is 16.3 Å². The maximum Gasteiger partial charge on any atom is 0.257 e. The van der Waals surface area contributed by atoms with Crippen LogP contribution in [0.2, 0.25) is 5.02 Å². The third-order valence-corrected chi connectivity index (χ3v) is 5.28. The number of carbonyl (C=O) groups excluding carboxylic acids is 1. The number of aromatic nitrogens is 4. The fourth-order valence-electron chi connectivity index (χ4n) is 3.02. The molecular weight excluding hydrogens is 414 g/mol. The number of hydrogen-bond donors (Lipinski definition) is 1. The van der Waals surface area contributed by atoms with Crippen LogP contribution in [-0.4, -0.2) is 25.7 Å². The first-order valence-electron chi connectivity index (χ1n) is 9.61. The van der Waals surface area contributed by atoms with Gasteiger partial charge in [-0.05, 0) is 62.7 Å². The molecule has 0 aliphatic heterocycles. The van der Waals surface area contributed by atoms with Gasteiger partial charge < -0.3 is 10.1 Å². The maximum absolute atomic E-state index is 12.4. The Balaban J connectivity index is 1.48. The summed E-state index contributed by atoms with van der Waals surface area (Å²) in [5, 5.41) is 7.74. The number of anilines is 1. The van der Waals surface area contributed by atoms with Gasteiger partial charge >= 0.3 is 0 Å². The lowest BCUT2D eigenvalue weighted by atomic mass is 10.2. The number of amides is 1. The van der Waals surface area contributed by atoms with E-state index in [-0.39, 0.29) is 5.91 Å². The summed E-state index contributed by atoms with van der Waals surface area (Å²) in [5.41, 5.74) is 4.13. The number of rotatable bonds is 5. The molecule has 0 bridgehead atoms. The first-order valence-corrected chi connectivity index (χ1v) is 9.99. The summed E-state index contributed by atoms with van der Waals surface area (Å²) in [5.74, 6) is 1.32. The lowest BCUT2D eigenvalue weighted by Crippen LogP contribution is -2.12. The Morgan fingerprint density at radius 2 is 1.77 bits per heavy atom. The van der Waals surface area contributed by atoms with Crippen molar-refractivity contribution in [3.05, 3.63) is 88.5 Å². The van der Waals surface area contributed by atoms with Crippen LogP contribution in [0, 0.1) is 20.8 Å². The van der Waals surface area contributed by atoms with E-state index in [0.717, 1.165) is 17.0 Å². The van der Waals surface area contributed by atoms with E-state index in [4.69, 9.17) is 16.3 Å². The van der Waals surface area contributed by atoms with Crippen molar-refractivity contribution in [1.82, 2.24) is 19.7 Å². The largest absolute Gasteiger partial charge is 0.439 e. The Morgan fingerprint density at radius 1 is 1.03 bits per heavy atom. The summed E-state index contributed by atoms with van der Waals surface area (Å²) in [6, 6.07) is 15.6. The lowest BCUT2D eigenvalue weighted by molar-refractivity contribution is 0.102. The topological polar surface area (TPSA) is 81.9 Å². The van der Waals surface area contributed by atoms with E-state index in [1.165, 1.54) is 6.33 Å². The molecule has 1 N–H and O–H groups in total. The van der Waals surface area contributed by atoms with E-state index in [9.17, 15) is 4.79 Å². The molecule has 2 aromatic carbocycles. The van der Waals surface area contributed by atoms with Gasteiger partial charge in [-0.15, -0.1) is 0 Å². The summed E-state index contributed by atoms with van der Waals surface area (Å²) in [4.78, 5) is 20.9. The van der Waals surface area contributed by atoms with E-state index in [2.05, 4.69) is 20.4 Å². The molecule has 2 heterocycles. The molecule has 8 heteroatoms. The van der Waals surface area contributed by atoms with Gasteiger partial charge in [0.2, 0.25) is 5.88 Å². The number of halogens is 1. The summed E-state index contributed by atoms with van der Waals surface area (Å²) in [6.45, 7) is 5.98. The van der Waals surface area contributed by atoms with E-state index < -0.39 is 0 Å². The van der Waals surface area contributed by atoms with Gasteiger partial charge in [-0.1, -0.05) is 23.7 Å². The second-order valence-electron chi connectivity index (χ2n) is 6.98. The third kappa shape index (κ3) is 4.41. The minimum absolute atomic E-state index is 0.278. The van der Waals surface area contributed by atoms with Gasteiger partial charge in [0.25, 0.3) is 5.91 Å². The number of benzene rings is 2. The standard InChI is InChI=1S/C23H20ClN5O2/c1-14-15(2)28-29(16(14)3)21-12-22(26-13-25-21)31-18-10-8-17(9-11-18)27-23(30)19-6-4-5-7-20(19)24/h4-13H,1-3H3,(H,27,30). The monoisotopic (exact) mass is 433 g/mol. The molecule has 0 saturated heterocycles. The Bertz CT molecular complexity index is 1250. The van der Waals surface area contributed by atoms with Crippen molar-refractivity contribution in [2.45, 2.75) is 20.8 Å². The van der Waals surface area contributed by atoms with Gasteiger partial charge in [-0.25, -0.2) is 14.6 Å². The number of hydrogen-bond acceptors (Lipinski definition) is 5. The van der Waals surface area contributed by atoms with Crippen LogP contribution in [0.5, 0.6) is 11.6 Å². The summed E-state index contributed by atoms with van der Waals surface area (Å²) in [6.07, 6.45) is 1.44. The third-order valence-electron chi connectivity index (χ3n) is 4.95. The number of carbonyl (C=O) groups is 1. The van der Waals surface area contributed by atoms with Gasteiger partial charge in [0.1, 0.15) is 12.1 Å². The van der Waals surface area contributed by atoms with Crippen LogP contribution in [0.15, 0.2) is 60.9 Å². The first kappa shape index (κ1) is 20.6. The van der Waals surface area contributed by atoms with Gasteiger partial charge in [-0.3, -0.25) is 4.79 Å². The Morgan fingerprint density at radius 3 is 2.45 bits per heavy atom. The van der Waals surface area contributed by atoms with E-state index in [0.29, 0.717) is 33.7 Å². The fourth-order valence-corrected chi connectivity index (χ4v) is 3.24. The maximum atomic E-state index is 12.4. The van der Waals surface area contributed by atoms with Crippen LogP contribution in [-0.2, 0) is 0 Å². The van der Waals surface area contributed by atoms with Gasteiger partial charge in [0.15, 0.2) is 5.82 Å². The molecule has 31 heavy (non-hydrogen) atoms. The zero-order valence-electron chi connectivity index (χ0n) is 17.3. The van der Waals surface area contributed by atoms with Crippen molar-refractivity contribution in [3.63, 3.8) is 0 Å². The van der Waals surface area contributed by atoms with Crippen molar-refractivity contribution in [3.8, 4) is 17.4 Å². The normalized spacial score (nSPS) is 10.7. The minimum Gasteiger partial charge on any atom is -0.439 e. The molecule has 0 fully saturated rings. The molecule has 0 radical (unpaired) electrons. The van der Waals surface area contributed by atoms with Crippen LogP contribution in [0.3, 0.4) is 0 Å². The first-order chi connectivity index (χ1) is 14.9. The molecule has 0 atom stereocenters.